The fourth-order valence-electron chi connectivity index (χ4n) is 2.32. The lowest BCUT2D eigenvalue weighted by molar-refractivity contribution is 0.0698. The molecule has 0 atom stereocenters. The Morgan fingerprint density at radius 3 is 2.41 bits per heavy atom. The number of hydrogen-bond donors (Lipinski definition) is 0. The van der Waals surface area contributed by atoms with Gasteiger partial charge in [0.1, 0.15) is 5.75 Å². The number of sulfonamides is 1. The third kappa shape index (κ3) is 3.53. The number of ether oxygens (including phenoxy) is 1. The largest absolute Gasteiger partial charge is 0.497 e. The summed E-state index contributed by atoms with van der Waals surface area (Å²) >= 11 is 6.11. The summed E-state index contributed by atoms with van der Waals surface area (Å²) in [5.41, 5.74) is 0.397. The van der Waals surface area contributed by atoms with Gasteiger partial charge in [0.05, 0.1) is 23.4 Å². The van der Waals surface area contributed by atoms with Gasteiger partial charge in [-0.1, -0.05) is 11.6 Å². The molecular formula is C14H19ClN2O4S. The van der Waals surface area contributed by atoms with E-state index in [1.807, 2.05) is 0 Å². The number of hydrogen-bond acceptors (Lipinski definition) is 4. The Kier molecular flexibility index (Phi) is 5.31. The molecule has 6 nitrogen and oxygen atoms in total. The van der Waals surface area contributed by atoms with E-state index in [-0.39, 0.29) is 11.7 Å². The molecule has 0 N–H and O–H groups in total. The molecule has 1 aliphatic heterocycles. The molecule has 1 fully saturated rings. The third-order valence-electron chi connectivity index (χ3n) is 3.69. The van der Waals surface area contributed by atoms with Crippen molar-refractivity contribution in [2.24, 2.45) is 0 Å². The van der Waals surface area contributed by atoms with Crippen molar-refractivity contribution in [1.29, 1.82) is 0 Å². The predicted octanol–water partition coefficient (Wildman–Crippen LogP) is 1.46. The minimum absolute atomic E-state index is 0.0747. The van der Waals surface area contributed by atoms with Crippen molar-refractivity contribution in [3.05, 3.63) is 28.8 Å². The molecule has 0 unspecified atom stereocenters. The molecule has 1 aliphatic rings. The van der Waals surface area contributed by atoms with E-state index in [0.29, 0.717) is 42.5 Å². The molecule has 1 aromatic carbocycles. The predicted molar refractivity (Wildman–Crippen MR) is 84.9 cm³/mol. The summed E-state index contributed by atoms with van der Waals surface area (Å²) in [5.74, 6) is 0.465. The first-order chi connectivity index (χ1) is 10.4. The zero-order valence-electron chi connectivity index (χ0n) is 12.6. The summed E-state index contributed by atoms with van der Waals surface area (Å²) < 4.78 is 30.1. The molecule has 0 radical (unpaired) electrons. The molecule has 2 rings (SSSR count). The van der Waals surface area contributed by atoms with Crippen molar-refractivity contribution >= 4 is 27.5 Å². The summed E-state index contributed by atoms with van der Waals surface area (Å²) in [6.45, 7) is 2.97. The molecule has 0 bridgehead atoms. The maximum Gasteiger partial charge on any atom is 0.255 e. The van der Waals surface area contributed by atoms with Crippen molar-refractivity contribution in [2.45, 2.75) is 6.92 Å². The van der Waals surface area contributed by atoms with Crippen LogP contribution in [0.15, 0.2) is 18.2 Å². The monoisotopic (exact) mass is 346 g/mol. The SMILES string of the molecule is CCS(=O)(=O)N1CCN(C(=O)c2ccc(OC)cc2Cl)CC1. The summed E-state index contributed by atoms with van der Waals surface area (Å²) in [5, 5.41) is 0.327. The van der Waals surface area contributed by atoms with Crippen LogP contribution in [0.5, 0.6) is 5.75 Å². The van der Waals surface area contributed by atoms with E-state index in [1.165, 1.54) is 11.4 Å². The van der Waals surface area contributed by atoms with Crippen molar-refractivity contribution in [2.75, 3.05) is 39.0 Å². The van der Waals surface area contributed by atoms with Crippen LogP contribution in [-0.4, -0.2) is 62.6 Å². The lowest BCUT2D eigenvalue weighted by atomic mass is 10.1. The Labute approximate surface area is 135 Å². The van der Waals surface area contributed by atoms with Crippen molar-refractivity contribution in [3.63, 3.8) is 0 Å². The zero-order valence-corrected chi connectivity index (χ0v) is 14.2. The van der Waals surface area contributed by atoms with Crippen LogP contribution in [0, 0.1) is 0 Å². The van der Waals surface area contributed by atoms with E-state index in [9.17, 15) is 13.2 Å². The molecule has 8 heteroatoms. The van der Waals surface area contributed by atoms with E-state index in [0.717, 1.165) is 0 Å². The molecular weight excluding hydrogens is 328 g/mol. The van der Waals surface area contributed by atoms with E-state index in [1.54, 1.807) is 30.0 Å². The van der Waals surface area contributed by atoms with Gasteiger partial charge in [0.15, 0.2) is 0 Å². The Morgan fingerprint density at radius 2 is 1.91 bits per heavy atom. The van der Waals surface area contributed by atoms with Crippen LogP contribution >= 0.6 is 11.6 Å². The molecule has 0 aliphatic carbocycles. The van der Waals surface area contributed by atoms with Gasteiger partial charge in [0, 0.05) is 26.2 Å². The van der Waals surface area contributed by atoms with Crippen LogP contribution in [-0.2, 0) is 10.0 Å². The summed E-state index contributed by atoms with van der Waals surface area (Å²) in [6.07, 6.45) is 0. The topological polar surface area (TPSA) is 66.9 Å². The van der Waals surface area contributed by atoms with Gasteiger partial charge < -0.3 is 9.64 Å². The highest BCUT2D eigenvalue weighted by Crippen LogP contribution is 2.24. The Morgan fingerprint density at radius 1 is 1.27 bits per heavy atom. The van der Waals surface area contributed by atoms with E-state index >= 15 is 0 Å². The summed E-state index contributed by atoms with van der Waals surface area (Å²) in [4.78, 5) is 14.1. The van der Waals surface area contributed by atoms with Crippen LogP contribution in [0.3, 0.4) is 0 Å². The Balaban J connectivity index is 2.07. The van der Waals surface area contributed by atoms with Gasteiger partial charge >= 0.3 is 0 Å². The summed E-state index contributed by atoms with van der Waals surface area (Å²) in [6, 6.07) is 4.89. The highest BCUT2D eigenvalue weighted by atomic mass is 35.5. The first-order valence-electron chi connectivity index (χ1n) is 6.99. The number of carbonyl (C=O) groups is 1. The second-order valence-electron chi connectivity index (χ2n) is 4.94. The van der Waals surface area contributed by atoms with Gasteiger partial charge in [0.2, 0.25) is 10.0 Å². The highest BCUT2D eigenvalue weighted by Gasteiger charge is 2.28. The lowest BCUT2D eigenvalue weighted by Gasteiger charge is -2.34. The first kappa shape index (κ1) is 17.1. The van der Waals surface area contributed by atoms with Crippen LogP contribution in [0.25, 0.3) is 0 Å². The van der Waals surface area contributed by atoms with Gasteiger partial charge in [0.25, 0.3) is 5.91 Å². The average molecular weight is 347 g/mol. The fourth-order valence-corrected chi connectivity index (χ4v) is 3.65. The first-order valence-corrected chi connectivity index (χ1v) is 8.98. The van der Waals surface area contributed by atoms with Gasteiger partial charge in [-0.2, -0.15) is 4.31 Å². The number of amides is 1. The van der Waals surface area contributed by atoms with E-state index in [4.69, 9.17) is 16.3 Å². The minimum Gasteiger partial charge on any atom is -0.497 e. The van der Waals surface area contributed by atoms with Gasteiger partial charge in [-0.3, -0.25) is 4.79 Å². The third-order valence-corrected chi connectivity index (χ3v) is 5.88. The number of piperazine rings is 1. The molecule has 1 aromatic rings. The van der Waals surface area contributed by atoms with Crippen molar-refractivity contribution < 1.29 is 17.9 Å². The smallest absolute Gasteiger partial charge is 0.255 e. The van der Waals surface area contributed by atoms with Crippen LogP contribution in [0.4, 0.5) is 0 Å². The zero-order chi connectivity index (χ0) is 16.3. The Hall–Kier alpha value is -1.31. The second kappa shape index (κ2) is 6.85. The lowest BCUT2D eigenvalue weighted by Crippen LogP contribution is -2.50. The molecule has 0 aromatic heterocycles. The molecule has 1 amide bonds. The average Bonchev–Trinajstić information content (AvgIpc) is 2.54. The van der Waals surface area contributed by atoms with Gasteiger partial charge in [-0.15, -0.1) is 0 Å². The van der Waals surface area contributed by atoms with Gasteiger partial charge in [-0.25, -0.2) is 8.42 Å². The fraction of sp³-hybridized carbons (Fsp3) is 0.500. The highest BCUT2D eigenvalue weighted by molar-refractivity contribution is 7.89. The molecule has 1 saturated heterocycles. The number of methoxy groups -OCH3 is 1. The molecule has 22 heavy (non-hydrogen) atoms. The number of halogens is 1. The normalized spacial score (nSPS) is 16.6. The van der Waals surface area contributed by atoms with Crippen molar-refractivity contribution in [1.82, 2.24) is 9.21 Å². The maximum atomic E-state index is 12.5. The molecule has 0 spiro atoms. The minimum atomic E-state index is -3.20. The summed E-state index contributed by atoms with van der Waals surface area (Å²) in [7, 11) is -1.67. The van der Waals surface area contributed by atoms with Crippen LogP contribution in [0.2, 0.25) is 5.02 Å². The molecule has 1 heterocycles. The molecule has 122 valence electrons. The van der Waals surface area contributed by atoms with Gasteiger partial charge in [-0.05, 0) is 25.1 Å². The standard InChI is InChI=1S/C14H19ClN2O4S/c1-3-22(19,20)17-8-6-16(7-9-17)14(18)12-5-4-11(21-2)10-13(12)15/h4-5,10H,3,6-9H2,1-2H3. The van der Waals surface area contributed by atoms with Crippen LogP contribution in [0.1, 0.15) is 17.3 Å². The number of benzene rings is 1. The van der Waals surface area contributed by atoms with Crippen molar-refractivity contribution in [3.8, 4) is 5.75 Å². The van der Waals surface area contributed by atoms with Crippen LogP contribution < -0.4 is 4.74 Å². The quantitative estimate of drug-likeness (QED) is 0.827. The molecule has 0 saturated carbocycles. The number of carbonyl (C=O) groups excluding carboxylic acids is 1. The Bertz CT molecular complexity index is 655. The number of rotatable bonds is 4. The van der Waals surface area contributed by atoms with E-state index in [2.05, 4.69) is 0 Å². The maximum absolute atomic E-state index is 12.5. The second-order valence-corrected chi connectivity index (χ2v) is 7.60. The number of nitrogens with zero attached hydrogens (tertiary/aromatic N) is 2. The van der Waals surface area contributed by atoms with E-state index < -0.39 is 10.0 Å².